The van der Waals surface area contributed by atoms with Crippen molar-refractivity contribution in [3.8, 4) is 12.8 Å². The third kappa shape index (κ3) is 7.10. The molecule has 0 aromatic heterocycles. The first-order valence-electron chi connectivity index (χ1n) is 11.6. The number of rotatable bonds is 6. The summed E-state index contributed by atoms with van der Waals surface area (Å²) in [5, 5.41) is 8.68. The Hall–Kier alpha value is -2.86. The van der Waals surface area contributed by atoms with Crippen LogP contribution in [0.4, 0.5) is 0 Å². The summed E-state index contributed by atoms with van der Waals surface area (Å²) in [6, 6.07) is 12.6. The lowest BCUT2D eigenvalue weighted by Crippen LogP contribution is -2.55. The second-order valence-corrected chi connectivity index (χ2v) is 11.9. The molecule has 2 aromatic carbocycles. The molecule has 2 atom stereocenters. The molecule has 194 valence electrons. The molecule has 0 spiro atoms. The Bertz CT molecular complexity index is 1210. The van der Waals surface area contributed by atoms with Gasteiger partial charge in [0.1, 0.15) is 6.04 Å². The minimum atomic E-state index is -3.94. The fourth-order valence-corrected chi connectivity index (χ4v) is 5.29. The highest BCUT2D eigenvalue weighted by atomic mass is 35.5. The highest BCUT2D eigenvalue weighted by molar-refractivity contribution is 7.89. The average molecular weight is 532 g/mol. The number of benzene rings is 2. The van der Waals surface area contributed by atoms with Gasteiger partial charge in [0.15, 0.2) is 0 Å². The first-order valence-corrected chi connectivity index (χ1v) is 13.5. The Balaban J connectivity index is 0.00000222. The molecular weight excluding hydrogens is 498 g/mol. The summed E-state index contributed by atoms with van der Waals surface area (Å²) in [6.45, 7) is 9.17. The summed E-state index contributed by atoms with van der Waals surface area (Å²) in [6.07, 6.45) is 8.80. The third-order valence-corrected chi connectivity index (χ3v) is 7.62. The van der Waals surface area contributed by atoms with E-state index in [0.717, 1.165) is 6.42 Å². The van der Waals surface area contributed by atoms with E-state index in [1.54, 1.807) is 0 Å². The van der Waals surface area contributed by atoms with Crippen molar-refractivity contribution in [2.45, 2.75) is 51.0 Å². The van der Waals surface area contributed by atoms with E-state index in [4.69, 9.17) is 16.7 Å². The maximum atomic E-state index is 13.5. The number of primary sulfonamides is 1. The molecule has 1 fully saturated rings. The van der Waals surface area contributed by atoms with Crippen molar-refractivity contribution < 1.29 is 18.0 Å². The van der Waals surface area contributed by atoms with Gasteiger partial charge in [-0.3, -0.25) is 9.59 Å². The second-order valence-electron chi connectivity index (χ2n) is 9.91. The van der Waals surface area contributed by atoms with Crippen LogP contribution in [-0.4, -0.2) is 44.3 Å². The zero-order valence-corrected chi connectivity index (χ0v) is 22.6. The highest BCUT2D eigenvalue weighted by Crippen LogP contribution is 2.42. The summed E-state index contributed by atoms with van der Waals surface area (Å²) in [4.78, 5) is 28.0. The van der Waals surface area contributed by atoms with Crippen LogP contribution in [-0.2, 0) is 14.8 Å². The first-order chi connectivity index (χ1) is 16.8. The average Bonchev–Trinajstić information content (AvgIpc) is 2.82. The van der Waals surface area contributed by atoms with E-state index in [0.29, 0.717) is 18.1 Å². The van der Waals surface area contributed by atoms with Crippen LogP contribution >= 0.6 is 11.6 Å². The minimum absolute atomic E-state index is 0.131. The van der Waals surface area contributed by atoms with Gasteiger partial charge in [0, 0.05) is 23.7 Å². The normalized spacial score (nSPS) is 18.0. The smallest absolute Gasteiger partial charge is 0.251 e. The van der Waals surface area contributed by atoms with Crippen molar-refractivity contribution in [1.29, 1.82) is 0 Å². The number of halogens is 1. The SMILES string of the molecule is C#C.CC(C)C(NC(=O)c1cccc(S(N)(=O)=O)c1)C(=O)N1CCC(c2ccc(Cl)cc2)C(C)(C)C1. The molecule has 1 heterocycles. The van der Waals surface area contributed by atoms with Crippen LogP contribution < -0.4 is 10.5 Å². The monoisotopic (exact) mass is 531 g/mol. The molecule has 1 aliphatic rings. The maximum absolute atomic E-state index is 13.5. The number of nitrogens with two attached hydrogens (primary N) is 1. The van der Waals surface area contributed by atoms with Crippen molar-refractivity contribution in [3.05, 3.63) is 64.7 Å². The Morgan fingerprint density at radius 1 is 1.14 bits per heavy atom. The van der Waals surface area contributed by atoms with Gasteiger partial charge in [-0.05, 0) is 59.6 Å². The quantitative estimate of drug-likeness (QED) is 0.548. The maximum Gasteiger partial charge on any atom is 0.251 e. The molecule has 9 heteroatoms. The van der Waals surface area contributed by atoms with E-state index in [9.17, 15) is 18.0 Å². The van der Waals surface area contributed by atoms with Gasteiger partial charge in [0.2, 0.25) is 15.9 Å². The van der Waals surface area contributed by atoms with Crippen LogP contribution in [0.2, 0.25) is 5.02 Å². The number of sulfonamides is 1. The molecule has 0 radical (unpaired) electrons. The Morgan fingerprint density at radius 2 is 1.75 bits per heavy atom. The van der Waals surface area contributed by atoms with E-state index >= 15 is 0 Å². The molecule has 36 heavy (non-hydrogen) atoms. The lowest BCUT2D eigenvalue weighted by atomic mass is 9.70. The van der Waals surface area contributed by atoms with Crippen molar-refractivity contribution in [2.24, 2.45) is 16.5 Å². The fraction of sp³-hybridized carbons (Fsp3) is 0.407. The molecule has 3 N–H and O–H groups in total. The van der Waals surface area contributed by atoms with Gasteiger partial charge in [-0.2, -0.15) is 0 Å². The van der Waals surface area contributed by atoms with Crippen molar-refractivity contribution in [2.75, 3.05) is 13.1 Å². The van der Waals surface area contributed by atoms with Gasteiger partial charge in [-0.25, -0.2) is 13.6 Å². The number of terminal acetylenes is 1. The molecule has 1 saturated heterocycles. The number of hydrogen-bond acceptors (Lipinski definition) is 4. The van der Waals surface area contributed by atoms with Crippen LogP contribution in [0, 0.1) is 24.2 Å². The number of amides is 2. The molecule has 2 amide bonds. The van der Waals surface area contributed by atoms with E-state index in [1.165, 1.54) is 29.8 Å². The molecule has 7 nitrogen and oxygen atoms in total. The standard InChI is InChI=1S/C25H32ClN3O4S.C2H2/c1-16(2)22(28-23(30)18-6-5-7-20(14-18)34(27,32)33)24(31)29-13-12-21(25(3,4)15-29)17-8-10-19(26)11-9-17;1-2/h5-11,14,16,21-22H,12-13,15H2,1-4H3,(H,28,30)(H2,27,32,33);1-2H. The van der Waals surface area contributed by atoms with Crippen LogP contribution in [0.3, 0.4) is 0 Å². The Kier molecular flexibility index (Phi) is 9.72. The number of nitrogens with one attached hydrogen (secondary N) is 1. The summed E-state index contributed by atoms with van der Waals surface area (Å²) >= 11 is 6.04. The molecule has 2 unspecified atom stereocenters. The zero-order valence-electron chi connectivity index (χ0n) is 21.1. The van der Waals surface area contributed by atoms with Gasteiger partial charge < -0.3 is 10.2 Å². The number of carbonyl (C=O) groups excluding carboxylic acids is 2. The van der Waals surface area contributed by atoms with Crippen molar-refractivity contribution in [3.63, 3.8) is 0 Å². The highest BCUT2D eigenvalue weighted by Gasteiger charge is 2.40. The van der Waals surface area contributed by atoms with Gasteiger partial charge in [0.05, 0.1) is 4.90 Å². The van der Waals surface area contributed by atoms with E-state index in [1.807, 2.05) is 43.0 Å². The number of nitrogens with zero attached hydrogens (tertiary/aromatic N) is 1. The Labute approximate surface area is 219 Å². The van der Waals surface area contributed by atoms with Crippen LogP contribution in [0.15, 0.2) is 53.4 Å². The van der Waals surface area contributed by atoms with Gasteiger partial charge in [-0.15, -0.1) is 12.8 Å². The van der Waals surface area contributed by atoms with E-state index < -0.39 is 22.0 Å². The molecule has 0 bridgehead atoms. The van der Waals surface area contributed by atoms with E-state index in [2.05, 4.69) is 32.0 Å². The molecular formula is C27H34ClN3O4S. The lowest BCUT2D eigenvalue weighted by molar-refractivity contribution is -0.137. The largest absolute Gasteiger partial charge is 0.340 e. The second kappa shape index (κ2) is 11.9. The Morgan fingerprint density at radius 3 is 2.28 bits per heavy atom. The molecule has 3 rings (SSSR count). The first kappa shape index (κ1) is 29.4. The third-order valence-electron chi connectivity index (χ3n) is 6.46. The minimum Gasteiger partial charge on any atom is -0.340 e. The number of piperidine rings is 1. The van der Waals surface area contributed by atoms with Crippen molar-refractivity contribution in [1.82, 2.24) is 10.2 Å². The molecule has 0 saturated carbocycles. The predicted octanol–water partition coefficient (Wildman–Crippen LogP) is 4.03. The van der Waals surface area contributed by atoms with Crippen LogP contribution in [0.1, 0.15) is 56.0 Å². The summed E-state index contributed by atoms with van der Waals surface area (Å²) in [5.74, 6) is -0.543. The molecule has 1 aliphatic heterocycles. The van der Waals surface area contributed by atoms with Crippen LogP contribution in [0.25, 0.3) is 0 Å². The topological polar surface area (TPSA) is 110 Å². The van der Waals surface area contributed by atoms with Crippen LogP contribution in [0.5, 0.6) is 0 Å². The van der Waals surface area contributed by atoms with E-state index in [-0.39, 0.29) is 33.6 Å². The zero-order chi connectivity index (χ0) is 27.3. The number of carbonyl (C=O) groups is 2. The summed E-state index contributed by atoms with van der Waals surface area (Å²) < 4.78 is 23.3. The summed E-state index contributed by atoms with van der Waals surface area (Å²) in [5.41, 5.74) is 1.16. The predicted molar refractivity (Wildman–Crippen MR) is 143 cm³/mol. The van der Waals surface area contributed by atoms with Gasteiger partial charge in [0.25, 0.3) is 5.91 Å². The number of likely N-dealkylation sites (tertiary alicyclic amines) is 1. The fourth-order valence-electron chi connectivity index (χ4n) is 4.61. The van der Waals surface area contributed by atoms with Crippen molar-refractivity contribution >= 4 is 33.4 Å². The van der Waals surface area contributed by atoms with Gasteiger partial charge in [-0.1, -0.05) is 57.5 Å². The summed E-state index contributed by atoms with van der Waals surface area (Å²) in [7, 11) is -3.94. The van der Waals surface area contributed by atoms with Gasteiger partial charge >= 0.3 is 0 Å². The molecule has 2 aromatic rings. The number of hydrogen-bond donors (Lipinski definition) is 2. The lowest BCUT2D eigenvalue weighted by Gasteiger charge is -2.45. The molecule has 0 aliphatic carbocycles.